The van der Waals surface area contributed by atoms with Crippen LogP contribution in [0.2, 0.25) is 0 Å². The van der Waals surface area contributed by atoms with Crippen LogP contribution in [0, 0.1) is 13.8 Å². The lowest BCUT2D eigenvalue weighted by Crippen LogP contribution is -1.98. The summed E-state index contributed by atoms with van der Waals surface area (Å²) in [6.45, 7) is 3.63. The van der Waals surface area contributed by atoms with E-state index in [1.54, 1.807) is 26.2 Å². The summed E-state index contributed by atoms with van der Waals surface area (Å²) in [5.74, 6) is 2.12. The van der Waals surface area contributed by atoms with Crippen LogP contribution in [0.5, 0.6) is 5.75 Å². The van der Waals surface area contributed by atoms with Crippen molar-refractivity contribution in [3.63, 3.8) is 0 Å². The number of carbonyl (C=O) groups is 1. The van der Waals surface area contributed by atoms with Gasteiger partial charge in [0.1, 0.15) is 17.3 Å². The first kappa shape index (κ1) is 11.0. The molecule has 2 heterocycles. The lowest BCUT2D eigenvalue weighted by atomic mass is 10.1. The zero-order valence-electron chi connectivity index (χ0n) is 9.37. The van der Waals surface area contributed by atoms with Crippen molar-refractivity contribution in [2.75, 3.05) is 7.11 Å². The number of ether oxygens (including phenoxy) is 1. The number of aryl methyl sites for hydroxylation is 2. The highest BCUT2D eigenvalue weighted by atomic mass is 32.1. The van der Waals surface area contributed by atoms with Gasteiger partial charge in [-0.25, -0.2) is 0 Å². The van der Waals surface area contributed by atoms with E-state index in [1.165, 1.54) is 11.3 Å². The van der Waals surface area contributed by atoms with Crippen LogP contribution in [-0.4, -0.2) is 12.9 Å². The van der Waals surface area contributed by atoms with Crippen LogP contribution in [-0.2, 0) is 0 Å². The smallest absolute Gasteiger partial charge is 0.206 e. The summed E-state index contributed by atoms with van der Waals surface area (Å²) in [7, 11) is 1.59. The second kappa shape index (κ2) is 4.14. The molecule has 0 atom stereocenters. The third kappa shape index (κ3) is 1.88. The summed E-state index contributed by atoms with van der Waals surface area (Å²) in [5.41, 5.74) is 0.627. The molecule has 2 aromatic rings. The molecule has 2 aromatic heterocycles. The number of ketones is 1. The Hall–Kier alpha value is -1.55. The Morgan fingerprint density at radius 1 is 1.38 bits per heavy atom. The van der Waals surface area contributed by atoms with Gasteiger partial charge in [-0.15, -0.1) is 11.3 Å². The number of methoxy groups -OCH3 is 1. The van der Waals surface area contributed by atoms with Crippen molar-refractivity contribution in [2.45, 2.75) is 13.8 Å². The molecule has 84 valence electrons. The summed E-state index contributed by atoms with van der Waals surface area (Å²) in [6.07, 6.45) is 0. The largest absolute Gasteiger partial charge is 0.496 e. The van der Waals surface area contributed by atoms with Crippen LogP contribution in [0.25, 0.3) is 0 Å². The molecule has 16 heavy (non-hydrogen) atoms. The fraction of sp³-hybridized carbons (Fsp3) is 0.250. The Labute approximate surface area is 97.7 Å². The maximum Gasteiger partial charge on any atom is 0.206 e. The number of carbonyl (C=O) groups excluding carboxylic acids is 1. The first-order valence-corrected chi connectivity index (χ1v) is 5.74. The summed E-state index contributed by atoms with van der Waals surface area (Å²) >= 11 is 1.38. The predicted molar refractivity (Wildman–Crippen MR) is 62.5 cm³/mol. The monoisotopic (exact) mass is 236 g/mol. The average molecular weight is 236 g/mol. The first-order valence-electron chi connectivity index (χ1n) is 4.86. The topological polar surface area (TPSA) is 39.4 Å². The molecule has 0 amide bonds. The minimum Gasteiger partial charge on any atom is -0.496 e. The van der Waals surface area contributed by atoms with Crippen molar-refractivity contribution in [1.82, 2.24) is 0 Å². The first-order chi connectivity index (χ1) is 7.61. The standard InChI is InChI=1S/C12H12O3S/c1-7-4-10(8(2)15-7)12(13)11-5-9(14-3)6-16-11/h4-6H,1-3H3. The van der Waals surface area contributed by atoms with Crippen LogP contribution in [0.15, 0.2) is 21.9 Å². The van der Waals surface area contributed by atoms with Crippen molar-refractivity contribution in [1.29, 1.82) is 0 Å². The molecular formula is C12H12O3S. The summed E-state index contributed by atoms with van der Waals surface area (Å²) in [6, 6.07) is 3.51. The molecule has 0 bridgehead atoms. The Balaban J connectivity index is 2.35. The van der Waals surface area contributed by atoms with Crippen LogP contribution in [0.3, 0.4) is 0 Å². The maximum absolute atomic E-state index is 12.1. The molecule has 0 saturated heterocycles. The maximum atomic E-state index is 12.1. The van der Waals surface area contributed by atoms with Gasteiger partial charge in [-0.3, -0.25) is 4.79 Å². The van der Waals surface area contributed by atoms with Crippen molar-refractivity contribution in [3.05, 3.63) is 39.5 Å². The minimum absolute atomic E-state index is 0.0114. The second-order valence-corrected chi connectivity index (χ2v) is 4.42. The highest BCUT2D eigenvalue weighted by Crippen LogP contribution is 2.25. The Morgan fingerprint density at radius 2 is 2.12 bits per heavy atom. The number of furan rings is 1. The number of hydrogen-bond donors (Lipinski definition) is 0. The fourth-order valence-corrected chi connectivity index (χ4v) is 2.34. The van der Waals surface area contributed by atoms with Gasteiger partial charge in [0.15, 0.2) is 0 Å². The lowest BCUT2D eigenvalue weighted by molar-refractivity contribution is 0.104. The van der Waals surface area contributed by atoms with Crippen LogP contribution >= 0.6 is 11.3 Å². The molecule has 0 aliphatic carbocycles. The van der Waals surface area contributed by atoms with E-state index in [0.29, 0.717) is 22.0 Å². The molecule has 0 saturated carbocycles. The van der Waals surface area contributed by atoms with Crippen LogP contribution < -0.4 is 4.74 Å². The molecule has 0 aliphatic rings. The summed E-state index contributed by atoms with van der Waals surface area (Å²) in [4.78, 5) is 12.8. The van der Waals surface area contributed by atoms with Gasteiger partial charge < -0.3 is 9.15 Å². The molecule has 0 aliphatic heterocycles. The molecule has 3 nitrogen and oxygen atoms in total. The van der Waals surface area contributed by atoms with Crippen molar-refractivity contribution >= 4 is 17.1 Å². The molecular weight excluding hydrogens is 224 g/mol. The van der Waals surface area contributed by atoms with E-state index < -0.39 is 0 Å². The highest BCUT2D eigenvalue weighted by Gasteiger charge is 2.17. The van der Waals surface area contributed by atoms with Gasteiger partial charge in [0.05, 0.1) is 17.6 Å². The van der Waals surface area contributed by atoms with Gasteiger partial charge in [0, 0.05) is 11.4 Å². The third-order valence-electron chi connectivity index (χ3n) is 2.32. The molecule has 0 fully saturated rings. The van der Waals surface area contributed by atoms with E-state index in [-0.39, 0.29) is 5.78 Å². The van der Waals surface area contributed by atoms with E-state index in [9.17, 15) is 4.79 Å². The quantitative estimate of drug-likeness (QED) is 0.768. The molecule has 4 heteroatoms. The van der Waals surface area contributed by atoms with Gasteiger partial charge in [-0.1, -0.05) is 0 Å². The fourth-order valence-electron chi connectivity index (χ4n) is 1.53. The zero-order valence-corrected chi connectivity index (χ0v) is 10.2. The number of hydrogen-bond acceptors (Lipinski definition) is 4. The van der Waals surface area contributed by atoms with Gasteiger partial charge in [-0.05, 0) is 19.9 Å². The Kier molecular flexibility index (Phi) is 2.83. The highest BCUT2D eigenvalue weighted by molar-refractivity contribution is 7.12. The van der Waals surface area contributed by atoms with Crippen LogP contribution in [0.4, 0.5) is 0 Å². The van der Waals surface area contributed by atoms with Gasteiger partial charge >= 0.3 is 0 Å². The number of thiophene rings is 1. The van der Waals surface area contributed by atoms with E-state index in [4.69, 9.17) is 9.15 Å². The van der Waals surface area contributed by atoms with E-state index >= 15 is 0 Å². The van der Waals surface area contributed by atoms with Gasteiger partial charge in [0.25, 0.3) is 0 Å². The Morgan fingerprint density at radius 3 is 2.62 bits per heavy atom. The number of rotatable bonds is 3. The lowest BCUT2D eigenvalue weighted by Gasteiger charge is -1.94. The summed E-state index contributed by atoms with van der Waals surface area (Å²) in [5, 5.41) is 1.81. The average Bonchev–Trinajstić information content (AvgIpc) is 2.84. The molecule has 0 radical (unpaired) electrons. The van der Waals surface area contributed by atoms with E-state index in [1.807, 2.05) is 12.3 Å². The normalized spacial score (nSPS) is 10.4. The van der Waals surface area contributed by atoms with Gasteiger partial charge in [-0.2, -0.15) is 0 Å². The minimum atomic E-state index is -0.0114. The predicted octanol–water partition coefficient (Wildman–Crippen LogP) is 3.20. The SMILES string of the molecule is COc1csc(C(=O)c2cc(C)oc2C)c1. The summed E-state index contributed by atoms with van der Waals surface area (Å²) < 4.78 is 10.4. The molecule has 0 unspecified atom stereocenters. The Bertz CT molecular complexity index is 522. The van der Waals surface area contributed by atoms with E-state index in [0.717, 1.165) is 5.76 Å². The molecule has 2 rings (SSSR count). The molecule has 0 N–H and O–H groups in total. The molecule has 0 spiro atoms. The third-order valence-corrected chi connectivity index (χ3v) is 3.23. The van der Waals surface area contributed by atoms with Crippen molar-refractivity contribution in [2.24, 2.45) is 0 Å². The van der Waals surface area contributed by atoms with Crippen molar-refractivity contribution < 1.29 is 13.9 Å². The molecule has 0 aromatic carbocycles. The second-order valence-electron chi connectivity index (χ2n) is 3.51. The van der Waals surface area contributed by atoms with Crippen LogP contribution in [0.1, 0.15) is 26.8 Å². The zero-order chi connectivity index (χ0) is 11.7. The van der Waals surface area contributed by atoms with Crippen molar-refractivity contribution in [3.8, 4) is 5.75 Å². The van der Waals surface area contributed by atoms with Gasteiger partial charge in [0.2, 0.25) is 5.78 Å². The van der Waals surface area contributed by atoms with E-state index in [2.05, 4.69) is 0 Å².